The van der Waals surface area contributed by atoms with Gasteiger partial charge in [-0.2, -0.15) is 0 Å². The lowest BCUT2D eigenvalue weighted by atomic mass is 10.0. The van der Waals surface area contributed by atoms with Crippen LogP contribution in [0.25, 0.3) is 10.8 Å². The third-order valence-corrected chi connectivity index (χ3v) is 5.70. The molecule has 0 aliphatic rings. The molecule has 1 atom stereocenters. The first-order chi connectivity index (χ1) is 17.6. The SMILES string of the molecule is CCNC(=O)N(Cc1ccccc1)NC(=O)C(Cc1ccc2ccccc2c1)N(C)C(=O)OC(C)(C)C. The Labute approximate surface area is 218 Å². The lowest BCUT2D eigenvalue weighted by Crippen LogP contribution is -2.57. The number of urea groups is 1. The number of fused-ring (bicyclic) bond motifs is 1. The Morgan fingerprint density at radius 3 is 2.19 bits per heavy atom. The van der Waals surface area contributed by atoms with Crippen molar-refractivity contribution < 1.29 is 19.1 Å². The van der Waals surface area contributed by atoms with Crippen LogP contribution in [0.3, 0.4) is 0 Å². The van der Waals surface area contributed by atoms with Crippen LogP contribution in [0.15, 0.2) is 72.8 Å². The summed E-state index contributed by atoms with van der Waals surface area (Å²) >= 11 is 0. The summed E-state index contributed by atoms with van der Waals surface area (Å²) < 4.78 is 5.54. The first-order valence-corrected chi connectivity index (χ1v) is 12.4. The summed E-state index contributed by atoms with van der Waals surface area (Å²) in [6.45, 7) is 7.68. The van der Waals surface area contributed by atoms with Crippen molar-refractivity contribution in [2.75, 3.05) is 13.6 Å². The molecule has 2 N–H and O–H groups in total. The largest absolute Gasteiger partial charge is 0.444 e. The Morgan fingerprint density at radius 1 is 0.892 bits per heavy atom. The van der Waals surface area contributed by atoms with Crippen molar-refractivity contribution in [3.63, 3.8) is 0 Å². The van der Waals surface area contributed by atoms with E-state index in [9.17, 15) is 14.4 Å². The van der Waals surface area contributed by atoms with Crippen molar-refractivity contribution in [2.24, 2.45) is 0 Å². The van der Waals surface area contributed by atoms with Crippen LogP contribution in [0.2, 0.25) is 0 Å². The third kappa shape index (κ3) is 7.96. The molecule has 1 unspecified atom stereocenters. The number of hydrogen-bond donors (Lipinski definition) is 2. The van der Waals surface area contributed by atoms with Crippen molar-refractivity contribution in [2.45, 2.75) is 52.3 Å². The predicted molar refractivity (Wildman–Crippen MR) is 145 cm³/mol. The van der Waals surface area contributed by atoms with Crippen LogP contribution in [-0.2, 0) is 22.5 Å². The Morgan fingerprint density at radius 2 is 1.54 bits per heavy atom. The normalized spacial score (nSPS) is 11.9. The van der Waals surface area contributed by atoms with Crippen LogP contribution < -0.4 is 10.7 Å². The highest BCUT2D eigenvalue weighted by atomic mass is 16.6. The van der Waals surface area contributed by atoms with E-state index in [0.717, 1.165) is 21.9 Å². The Balaban J connectivity index is 1.89. The summed E-state index contributed by atoms with van der Waals surface area (Å²) in [6, 6.07) is 21.9. The molecule has 0 aromatic heterocycles. The maximum Gasteiger partial charge on any atom is 0.410 e. The van der Waals surface area contributed by atoms with Crippen LogP contribution in [-0.4, -0.2) is 53.2 Å². The fraction of sp³-hybridized carbons (Fsp3) is 0.345. The molecule has 0 saturated carbocycles. The van der Waals surface area contributed by atoms with Gasteiger partial charge in [-0.15, -0.1) is 0 Å². The van der Waals surface area contributed by atoms with Gasteiger partial charge in [-0.3, -0.25) is 15.1 Å². The zero-order valence-corrected chi connectivity index (χ0v) is 22.2. The Bertz CT molecular complexity index is 1220. The number of hydrogen-bond acceptors (Lipinski definition) is 4. The molecule has 0 fully saturated rings. The first kappa shape index (κ1) is 27.5. The molecule has 0 aliphatic carbocycles. The predicted octanol–water partition coefficient (Wildman–Crippen LogP) is 4.88. The van der Waals surface area contributed by atoms with Crippen LogP contribution in [0, 0.1) is 0 Å². The molecule has 0 spiro atoms. The summed E-state index contributed by atoms with van der Waals surface area (Å²) in [5.41, 5.74) is 3.74. The molecule has 0 bridgehead atoms. The molecule has 8 nitrogen and oxygen atoms in total. The van der Waals surface area contributed by atoms with Gasteiger partial charge in [-0.1, -0.05) is 72.8 Å². The van der Waals surface area contributed by atoms with E-state index >= 15 is 0 Å². The van der Waals surface area contributed by atoms with Crippen LogP contribution >= 0.6 is 0 Å². The number of carbonyl (C=O) groups excluding carboxylic acids is 3. The highest BCUT2D eigenvalue weighted by Gasteiger charge is 2.32. The number of rotatable bonds is 7. The van der Waals surface area contributed by atoms with Gasteiger partial charge in [-0.25, -0.2) is 14.6 Å². The molecule has 3 aromatic carbocycles. The molecule has 37 heavy (non-hydrogen) atoms. The van der Waals surface area contributed by atoms with Crippen molar-refractivity contribution in [1.29, 1.82) is 0 Å². The monoisotopic (exact) mass is 504 g/mol. The van der Waals surface area contributed by atoms with Crippen molar-refractivity contribution in [3.8, 4) is 0 Å². The second-order valence-corrected chi connectivity index (χ2v) is 9.88. The summed E-state index contributed by atoms with van der Waals surface area (Å²) in [7, 11) is 1.53. The van der Waals surface area contributed by atoms with Gasteiger partial charge in [0.15, 0.2) is 0 Å². The molecule has 0 aliphatic heterocycles. The molecule has 0 saturated heterocycles. The molecule has 4 amide bonds. The molecular weight excluding hydrogens is 468 g/mol. The van der Waals surface area contributed by atoms with Crippen LogP contribution in [0.5, 0.6) is 0 Å². The standard InChI is InChI=1S/C29H36N4O4/c1-6-30-27(35)33(20-21-12-8-7-9-13-21)31-26(34)25(32(5)28(36)37-29(2,3)4)19-22-16-17-23-14-10-11-15-24(23)18-22/h7-18,25H,6,19-20H2,1-5H3,(H,30,35)(H,31,34). The molecule has 8 heteroatoms. The van der Waals surface area contributed by atoms with Gasteiger partial charge in [0.2, 0.25) is 0 Å². The fourth-order valence-corrected chi connectivity index (χ4v) is 3.84. The van der Waals surface area contributed by atoms with Gasteiger partial charge in [0.25, 0.3) is 5.91 Å². The number of ether oxygens (including phenoxy) is 1. The lowest BCUT2D eigenvalue weighted by molar-refractivity contribution is -0.130. The van der Waals surface area contributed by atoms with E-state index in [0.29, 0.717) is 6.54 Å². The summed E-state index contributed by atoms with van der Waals surface area (Å²) in [5, 5.41) is 6.08. The van der Waals surface area contributed by atoms with E-state index in [1.165, 1.54) is 17.0 Å². The molecule has 196 valence electrons. The third-order valence-electron chi connectivity index (χ3n) is 5.70. The summed E-state index contributed by atoms with van der Waals surface area (Å²) in [5.74, 6) is -0.497. The van der Waals surface area contributed by atoms with E-state index in [4.69, 9.17) is 4.74 Å². The molecule has 0 heterocycles. The quantitative estimate of drug-likeness (QED) is 0.449. The molecule has 3 aromatic rings. The van der Waals surface area contributed by atoms with Gasteiger partial charge < -0.3 is 10.1 Å². The van der Waals surface area contributed by atoms with Gasteiger partial charge >= 0.3 is 12.1 Å². The number of nitrogens with one attached hydrogen (secondary N) is 2. The molecule has 3 rings (SSSR count). The van der Waals surface area contributed by atoms with Crippen molar-refractivity contribution >= 4 is 28.8 Å². The fourth-order valence-electron chi connectivity index (χ4n) is 3.84. The van der Waals surface area contributed by atoms with Crippen molar-refractivity contribution in [3.05, 3.63) is 83.9 Å². The maximum absolute atomic E-state index is 13.6. The van der Waals surface area contributed by atoms with Gasteiger partial charge in [0.1, 0.15) is 11.6 Å². The number of carbonyl (C=O) groups is 3. The van der Waals surface area contributed by atoms with E-state index in [1.807, 2.05) is 72.8 Å². The van der Waals surface area contributed by atoms with E-state index in [1.54, 1.807) is 27.7 Å². The average Bonchev–Trinajstić information content (AvgIpc) is 2.86. The van der Waals surface area contributed by atoms with Crippen molar-refractivity contribution in [1.82, 2.24) is 20.7 Å². The minimum atomic E-state index is -0.927. The second-order valence-electron chi connectivity index (χ2n) is 9.88. The van der Waals surface area contributed by atoms with Gasteiger partial charge in [0.05, 0.1) is 6.54 Å². The Kier molecular flexibility index (Phi) is 9.11. The molecule has 0 radical (unpaired) electrons. The number of nitrogens with zero attached hydrogens (tertiary/aromatic N) is 2. The van der Waals surface area contributed by atoms with E-state index in [-0.39, 0.29) is 13.0 Å². The van der Waals surface area contributed by atoms with Gasteiger partial charge in [-0.05, 0) is 49.6 Å². The maximum atomic E-state index is 13.6. The zero-order chi connectivity index (χ0) is 27.0. The smallest absolute Gasteiger partial charge is 0.410 e. The summed E-state index contributed by atoms with van der Waals surface area (Å²) in [6.07, 6.45) is -0.387. The number of likely N-dealkylation sites (N-methyl/N-ethyl adjacent to an activating group) is 1. The molecular formula is C29H36N4O4. The first-order valence-electron chi connectivity index (χ1n) is 12.4. The highest BCUT2D eigenvalue weighted by Crippen LogP contribution is 2.19. The highest BCUT2D eigenvalue weighted by molar-refractivity contribution is 5.88. The Hall–Kier alpha value is -4.07. The number of hydrazine groups is 1. The average molecular weight is 505 g/mol. The van der Waals surface area contributed by atoms with Crippen LogP contribution in [0.1, 0.15) is 38.8 Å². The van der Waals surface area contributed by atoms with E-state index < -0.39 is 29.7 Å². The van der Waals surface area contributed by atoms with Gasteiger partial charge in [0, 0.05) is 20.0 Å². The summed E-state index contributed by atoms with van der Waals surface area (Å²) in [4.78, 5) is 40.7. The minimum absolute atomic E-state index is 0.164. The lowest BCUT2D eigenvalue weighted by Gasteiger charge is -2.32. The number of benzene rings is 3. The zero-order valence-electron chi connectivity index (χ0n) is 22.2. The van der Waals surface area contributed by atoms with E-state index in [2.05, 4.69) is 10.7 Å². The number of amides is 4. The van der Waals surface area contributed by atoms with Crippen LogP contribution in [0.4, 0.5) is 9.59 Å². The topological polar surface area (TPSA) is 91.0 Å². The second kappa shape index (κ2) is 12.3. The minimum Gasteiger partial charge on any atom is -0.444 e.